The molecular weight excluding hydrogens is 412 g/mol. The van der Waals surface area contributed by atoms with Gasteiger partial charge in [-0.3, -0.25) is 19.7 Å². The predicted molar refractivity (Wildman–Crippen MR) is 113 cm³/mol. The molecule has 0 aliphatic heterocycles. The summed E-state index contributed by atoms with van der Waals surface area (Å²) in [6.45, 7) is 3.56. The lowest BCUT2D eigenvalue weighted by molar-refractivity contribution is -0.385. The fourth-order valence-electron chi connectivity index (χ4n) is 2.53. The molecule has 0 aliphatic carbocycles. The van der Waals surface area contributed by atoms with Gasteiger partial charge in [-0.1, -0.05) is 25.4 Å². The fraction of sp³-hybridized carbons (Fsp3) is 0.250. The van der Waals surface area contributed by atoms with Crippen molar-refractivity contribution in [1.82, 2.24) is 10.7 Å². The number of nitrogens with one attached hydrogen (secondary N) is 2. The lowest BCUT2D eigenvalue weighted by atomic mass is 10.0. The Morgan fingerprint density at radius 1 is 1.20 bits per heavy atom. The third kappa shape index (κ3) is 6.02. The van der Waals surface area contributed by atoms with Crippen LogP contribution in [0.25, 0.3) is 0 Å². The molecule has 0 saturated heterocycles. The van der Waals surface area contributed by atoms with Gasteiger partial charge in [0.15, 0.2) is 5.75 Å². The van der Waals surface area contributed by atoms with Crippen LogP contribution in [0.1, 0.15) is 29.8 Å². The lowest BCUT2D eigenvalue weighted by Crippen LogP contribution is -2.48. The van der Waals surface area contributed by atoms with Crippen molar-refractivity contribution in [3.8, 4) is 5.75 Å². The van der Waals surface area contributed by atoms with E-state index < -0.39 is 22.8 Å². The zero-order chi connectivity index (χ0) is 22.3. The number of rotatable bonds is 8. The molecule has 0 aliphatic rings. The van der Waals surface area contributed by atoms with E-state index in [2.05, 4.69) is 15.8 Å². The van der Waals surface area contributed by atoms with Crippen LogP contribution in [0.4, 0.5) is 5.69 Å². The van der Waals surface area contributed by atoms with Gasteiger partial charge in [0.05, 0.1) is 18.2 Å². The van der Waals surface area contributed by atoms with Crippen molar-refractivity contribution in [1.29, 1.82) is 0 Å². The van der Waals surface area contributed by atoms with Crippen molar-refractivity contribution in [2.45, 2.75) is 19.9 Å². The Bertz CT molecular complexity index is 960. The van der Waals surface area contributed by atoms with Gasteiger partial charge in [0, 0.05) is 22.2 Å². The van der Waals surface area contributed by atoms with Gasteiger partial charge in [0.1, 0.15) is 6.04 Å². The summed E-state index contributed by atoms with van der Waals surface area (Å²) in [5, 5.41) is 18.1. The van der Waals surface area contributed by atoms with Crippen LogP contribution in [0, 0.1) is 16.0 Å². The number of carbonyl (C=O) groups excluding carboxylic acids is 2. The number of ether oxygens (including phenoxy) is 1. The van der Waals surface area contributed by atoms with Crippen LogP contribution in [-0.4, -0.2) is 36.1 Å². The Hall–Kier alpha value is -3.46. The number of hydrazone groups is 1. The van der Waals surface area contributed by atoms with E-state index in [0.29, 0.717) is 16.1 Å². The highest BCUT2D eigenvalue weighted by Gasteiger charge is 2.24. The summed E-state index contributed by atoms with van der Waals surface area (Å²) in [6.07, 6.45) is 1.27. The van der Waals surface area contributed by atoms with Crippen molar-refractivity contribution in [3.63, 3.8) is 0 Å². The summed E-state index contributed by atoms with van der Waals surface area (Å²) in [5.74, 6) is -1.04. The van der Waals surface area contributed by atoms with E-state index in [1.165, 1.54) is 25.5 Å². The quantitative estimate of drug-likeness (QED) is 0.376. The van der Waals surface area contributed by atoms with E-state index in [-0.39, 0.29) is 17.4 Å². The normalized spacial score (nSPS) is 11.9. The number of methoxy groups -OCH3 is 1. The fourth-order valence-corrected chi connectivity index (χ4v) is 2.66. The molecule has 2 rings (SSSR count). The maximum Gasteiger partial charge on any atom is 0.311 e. The highest BCUT2D eigenvalue weighted by molar-refractivity contribution is 6.30. The third-order valence-corrected chi connectivity index (χ3v) is 4.38. The highest BCUT2D eigenvalue weighted by atomic mass is 35.5. The minimum absolute atomic E-state index is 0.117. The molecule has 0 bridgehead atoms. The molecule has 0 aromatic heterocycles. The van der Waals surface area contributed by atoms with E-state index in [1.54, 1.807) is 44.2 Å². The first-order chi connectivity index (χ1) is 14.2. The molecular formula is C20H21ClN4O5. The second-order valence-electron chi connectivity index (χ2n) is 6.62. The summed E-state index contributed by atoms with van der Waals surface area (Å²) in [6, 6.07) is 9.71. The summed E-state index contributed by atoms with van der Waals surface area (Å²) in [7, 11) is 1.33. The molecule has 0 radical (unpaired) electrons. The largest absolute Gasteiger partial charge is 0.490 e. The SMILES string of the molecule is COc1ccc(C=NNC(=O)C(NC(=O)c2ccc(Cl)cc2)C(C)C)cc1[N+](=O)[O-]. The summed E-state index contributed by atoms with van der Waals surface area (Å²) in [4.78, 5) is 35.4. The molecule has 158 valence electrons. The standard InChI is InChI=1S/C20H21ClN4O5/c1-12(2)18(23-19(26)14-5-7-15(21)8-6-14)20(27)24-22-11-13-4-9-17(30-3)16(10-13)25(28)29/h4-12,18H,1-3H3,(H,23,26)(H,24,27). The van der Waals surface area contributed by atoms with Gasteiger partial charge in [-0.05, 0) is 42.3 Å². The molecule has 10 heteroatoms. The molecule has 0 fully saturated rings. The Kier molecular flexibility index (Phi) is 7.88. The molecule has 0 saturated carbocycles. The van der Waals surface area contributed by atoms with Gasteiger partial charge in [0.2, 0.25) is 0 Å². The van der Waals surface area contributed by atoms with Crippen LogP contribution >= 0.6 is 11.6 Å². The van der Waals surface area contributed by atoms with Crippen LogP contribution in [0.15, 0.2) is 47.6 Å². The number of halogens is 1. The Balaban J connectivity index is 2.06. The number of benzene rings is 2. The molecule has 1 unspecified atom stereocenters. The lowest BCUT2D eigenvalue weighted by Gasteiger charge is -2.20. The van der Waals surface area contributed by atoms with E-state index >= 15 is 0 Å². The van der Waals surface area contributed by atoms with Gasteiger partial charge in [0.25, 0.3) is 11.8 Å². The van der Waals surface area contributed by atoms with Gasteiger partial charge in [-0.25, -0.2) is 5.43 Å². The average molecular weight is 433 g/mol. The molecule has 0 spiro atoms. The first kappa shape index (κ1) is 22.8. The van der Waals surface area contributed by atoms with E-state index in [4.69, 9.17) is 16.3 Å². The average Bonchev–Trinajstić information content (AvgIpc) is 2.71. The Labute approximate surface area is 178 Å². The first-order valence-electron chi connectivity index (χ1n) is 8.94. The van der Waals surface area contributed by atoms with E-state index in [0.717, 1.165) is 0 Å². The van der Waals surface area contributed by atoms with Crippen molar-refractivity contribution in [3.05, 3.63) is 68.7 Å². The maximum atomic E-state index is 12.5. The van der Waals surface area contributed by atoms with Crippen molar-refractivity contribution < 1.29 is 19.2 Å². The number of amides is 2. The van der Waals surface area contributed by atoms with E-state index in [1.807, 2.05) is 0 Å². The van der Waals surface area contributed by atoms with Gasteiger partial charge in [-0.2, -0.15) is 5.10 Å². The second kappa shape index (κ2) is 10.4. The minimum Gasteiger partial charge on any atom is -0.490 e. The van der Waals surface area contributed by atoms with Crippen molar-refractivity contribution in [2.24, 2.45) is 11.0 Å². The Morgan fingerprint density at radius 2 is 1.87 bits per heavy atom. The number of nitro benzene ring substituents is 1. The summed E-state index contributed by atoms with van der Waals surface area (Å²) >= 11 is 5.82. The third-order valence-electron chi connectivity index (χ3n) is 4.13. The van der Waals surface area contributed by atoms with Crippen LogP contribution in [0.3, 0.4) is 0 Å². The highest BCUT2D eigenvalue weighted by Crippen LogP contribution is 2.26. The molecule has 9 nitrogen and oxygen atoms in total. The van der Waals surface area contributed by atoms with Gasteiger partial charge >= 0.3 is 5.69 Å². The van der Waals surface area contributed by atoms with Gasteiger partial charge < -0.3 is 10.1 Å². The minimum atomic E-state index is -0.837. The number of nitro groups is 1. The first-order valence-corrected chi connectivity index (χ1v) is 9.32. The molecule has 30 heavy (non-hydrogen) atoms. The monoisotopic (exact) mass is 432 g/mol. The van der Waals surface area contributed by atoms with Crippen LogP contribution in [0.5, 0.6) is 5.75 Å². The zero-order valence-electron chi connectivity index (χ0n) is 16.6. The Morgan fingerprint density at radius 3 is 2.43 bits per heavy atom. The second-order valence-corrected chi connectivity index (χ2v) is 7.06. The van der Waals surface area contributed by atoms with Crippen LogP contribution in [-0.2, 0) is 4.79 Å². The smallest absolute Gasteiger partial charge is 0.311 e. The molecule has 2 aromatic carbocycles. The summed E-state index contributed by atoms with van der Waals surface area (Å²) < 4.78 is 4.94. The van der Waals surface area contributed by atoms with Crippen molar-refractivity contribution >= 4 is 35.3 Å². The predicted octanol–water partition coefficient (Wildman–Crippen LogP) is 3.16. The number of carbonyl (C=O) groups is 2. The molecule has 2 aromatic rings. The van der Waals surface area contributed by atoms with Crippen LogP contribution < -0.4 is 15.5 Å². The van der Waals surface area contributed by atoms with Crippen molar-refractivity contribution in [2.75, 3.05) is 7.11 Å². The maximum absolute atomic E-state index is 12.5. The van der Waals surface area contributed by atoms with E-state index in [9.17, 15) is 19.7 Å². The molecule has 2 amide bonds. The molecule has 2 N–H and O–H groups in total. The zero-order valence-corrected chi connectivity index (χ0v) is 17.3. The molecule has 0 heterocycles. The van der Waals surface area contributed by atoms with Gasteiger partial charge in [-0.15, -0.1) is 0 Å². The summed E-state index contributed by atoms with van der Waals surface area (Å²) in [5.41, 5.74) is 2.89. The van der Waals surface area contributed by atoms with Crippen LogP contribution in [0.2, 0.25) is 5.02 Å². The number of nitrogens with zero attached hydrogens (tertiary/aromatic N) is 2. The topological polar surface area (TPSA) is 123 Å². The number of hydrogen-bond acceptors (Lipinski definition) is 6. The molecule has 1 atom stereocenters. The number of hydrogen-bond donors (Lipinski definition) is 2.